The summed E-state index contributed by atoms with van der Waals surface area (Å²) in [6.07, 6.45) is 4.77. The molecule has 0 aliphatic heterocycles. The Hall–Kier alpha value is -2.80. The fourth-order valence-corrected chi connectivity index (χ4v) is 2.33. The Morgan fingerprint density at radius 3 is 2.44 bits per heavy atom. The highest BCUT2D eigenvalue weighted by molar-refractivity contribution is 7.93. The molecule has 0 bridgehead atoms. The summed E-state index contributed by atoms with van der Waals surface area (Å²) in [7, 11) is 2.79. The van der Waals surface area contributed by atoms with Crippen LogP contribution in [0.5, 0.6) is 0 Å². The number of ether oxygens (including phenoxy) is 2. The van der Waals surface area contributed by atoms with Gasteiger partial charge in [0.25, 0.3) is 0 Å². The van der Waals surface area contributed by atoms with E-state index in [4.69, 9.17) is 13.8 Å². The van der Waals surface area contributed by atoms with Gasteiger partial charge < -0.3 is 13.8 Å². The molecule has 130 valence electrons. The van der Waals surface area contributed by atoms with Crippen LogP contribution in [0.2, 0.25) is 0 Å². The normalized spacial score (nSPS) is 11.8. The summed E-state index contributed by atoms with van der Waals surface area (Å²) in [6, 6.07) is 12.8. The van der Waals surface area contributed by atoms with E-state index < -0.39 is 5.97 Å². The molecule has 0 aliphatic rings. The van der Waals surface area contributed by atoms with Gasteiger partial charge in [-0.25, -0.2) is 4.79 Å². The summed E-state index contributed by atoms with van der Waals surface area (Å²) in [5, 5.41) is 4.17. The SMILES string of the molecule is CO/C=C(/C(=O)OC)c1ccccc1/C(=N\OSC)c1ccccn1. The van der Waals surface area contributed by atoms with Gasteiger partial charge in [0.15, 0.2) is 0 Å². The van der Waals surface area contributed by atoms with E-state index in [1.54, 1.807) is 18.5 Å². The van der Waals surface area contributed by atoms with Crippen molar-refractivity contribution >= 4 is 29.3 Å². The van der Waals surface area contributed by atoms with E-state index in [1.807, 2.05) is 36.4 Å². The number of carbonyl (C=O) groups excluding carboxylic acids is 1. The van der Waals surface area contributed by atoms with E-state index in [9.17, 15) is 4.79 Å². The minimum Gasteiger partial charge on any atom is -0.503 e. The highest BCUT2D eigenvalue weighted by Crippen LogP contribution is 2.24. The van der Waals surface area contributed by atoms with Crippen LogP contribution in [-0.4, -0.2) is 37.1 Å². The monoisotopic (exact) mass is 358 g/mol. The van der Waals surface area contributed by atoms with Gasteiger partial charge in [-0.1, -0.05) is 35.5 Å². The van der Waals surface area contributed by atoms with Crippen LogP contribution >= 0.6 is 12.0 Å². The quantitative estimate of drug-likeness (QED) is 0.189. The summed E-state index contributed by atoms with van der Waals surface area (Å²) < 4.78 is 15.1. The predicted molar refractivity (Wildman–Crippen MR) is 97.9 cm³/mol. The minimum atomic E-state index is -0.513. The van der Waals surface area contributed by atoms with Crippen molar-refractivity contribution in [1.29, 1.82) is 0 Å². The Bertz CT molecular complexity index is 776. The molecule has 0 N–H and O–H groups in total. The van der Waals surface area contributed by atoms with Crippen LogP contribution in [0, 0.1) is 0 Å². The van der Waals surface area contributed by atoms with Crippen molar-refractivity contribution in [2.24, 2.45) is 5.16 Å². The van der Waals surface area contributed by atoms with Crippen LogP contribution < -0.4 is 0 Å². The average Bonchev–Trinajstić information content (AvgIpc) is 2.67. The molecular formula is C18H18N2O4S. The molecule has 0 atom stereocenters. The second-order valence-electron chi connectivity index (χ2n) is 4.70. The van der Waals surface area contributed by atoms with Crippen LogP contribution in [0.15, 0.2) is 60.1 Å². The van der Waals surface area contributed by atoms with Gasteiger partial charge >= 0.3 is 5.97 Å². The van der Waals surface area contributed by atoms with Gasteiger partial charge in [0, 0.05) is 23.6 Å². The molecule has 1 heterocycles. The fraction of sp³-hybridized carbons (Fsp3) is 0.167. The number of methoxy groups -OCH3 is 2. The molecule has 7 heteroatoms. The third-order valence-electron chi connectivity index (χ3n) is 3.22. The smallest absolute Gasteiger partial charge is 0.341 e. The van der Waals surface area contributed by atoms with E-state index in [1.165, 1.54) is 20.5 Å². The Morgan fingerprint density at radius 2 is 1.84 bits per heavy atom. The number of pyridine rings is 1. The first-order chi connectivity index (χ1) is 12.2. The first-order valence-corrected chi connectivity index (χ1v) is 8.48. The number of oxime groups is 1. The number of hydrogen-bond donors (Lipinski definition) is 0. The molecule has 0 amide bonds. The summed E-state index contributed by atoms with van der Waals surface area (Å²) in [5.74, 6) is -0.513. The maximum atomic E-state index is 12.2. The number of benzene rings is 1. The Labute approximate surface area is 150 Å². The number of carbonyl (C=O) groups is 1. The molecule has 0 fully saturated rings. The van der Waals surface area contributed by atoms with Crippen molar-refractivity contribution in [1.82, 2.24) is 4.98 Å². The summed E-state index contributed by atoms with van der Waals surface area (Å²) in [6.45, 7) is 0. The molecule has 1 aromatic carbocycles. The molecule has 0 spiro atoms. The van der Waals surface area contributed by atoms with E-state index in [-0.39, 0.29) is 5.57 Å². The lowest BCUT2D eigenvalue weighted by atomic mass is 9.95. The van der Waals surface area contributed by atoms with Crippen molar-refractivity contribution in [2.45, 2.75) is 0 Å². The summed E-state index contributed by atoms with van der Waals surface area (Å²) >= 11 is 1.11. The standard InChI is InChI=1S/C18H18N2O4S/c1-22-12-15(18(21)23-2)13-8-4-5-9-14(13)17(20-24-25-3)16-10-6-7-11-19-16/h4-12H,1-3H3/b15-12+,20-17+. The molecule has 2 aromatic rings. The van der Waals surface area contributed by atoms with E-state index in [0.29, 0.717) is 22.5 Å². The molecule has 6 nitrogen and oxygen atoms in total. The molecule has 1 aromatic heterocycles. The third kappa shape index (κ3) is 4.60. The predicted octanol–water partition coefficient (Wildman–Crippen LogP) is 3.29. The number of aromatic nitrogens is 1. The lowest BCUT2D eigenvalue weighted by Crippen LogP contribution is -2.12. The van der Waals surface area contributed by atoms with Crippen molar-refractivity contribution in [2.75, 3.05) is 20.5 Å². The van der Waals surface area contributed by atoms with E-state index in [0.717, 1.165) is 12.0 Å². The topological polar surface area (TPSA) is 70.0 Å². The number of nitrogens with zero attached hydrogens (tertiary/aromatic N) is 2. The Kier molecular flexibility index (Phi) is 7.03. The number of rotatable bonds is 7. The molecule has 0 saturated carbocycles. The van der Waals surface area contributed by atoms with Gasteiger partial charge in [-0.2, -0.15) is 0 Å². The highest BCUT2D eigenvalue weighted by atomic mass is 32.2. The maximum absolute atomic E-state index is 12.2. The molecule has 0 saturated heterocycles. The van der Waals surface area contributed by atoms with Crippen molar-refractivity contribution in [3.05, 3.63) is 71.7 Å². The minimum absolute atomic E-state index is 0.272. The summed E-state index contributed by atoms with van der Waals surface area (Å²) in [5.41, 5.74) is 2.66. The summed E-state index contributed by atoms with van der Waals surface area (Å²) in [4.78, 5) is 16.5. The Balaban J connectivity index is 2.64. The largest absolute Gasteiger partial charge is 0.503 e. The third-order valence-corrected chi connectivity index (χ3v) is 3.45. The van der Waals surface area contributed by atoms with Crippen LogP contribution in [0.3, 0.4) is 0 Å². The van der Waals surface area contributed by atoms with Gasteiger partial charge in [-0.3, -0.25) is 4.98 Å². The zero-order valence-electron chi connectivity index (χ0n) is 14.1. The maximum Gasteiger partial charge on any atom is 0.341 e. The van der Waals surface area contributed by atoms with Crippen molar-refractivity contribution < 1.29 is 18.6 Å². The molecule has 0 radical (unpaired) electrons. The second-order valence-corrected chi connectivity index (χ2v) is 5.18. The van der Waals surface area contributed by atoms with Gasteiger partial charge in [0.05, 0.1) is 38.2 Å². The van der Waals surface area contributed by atoms with Crippen molar-refractivity contribution in [3.63, 3.8) is 0 Å². The fourth-order valence-electron chi connectivity index (χ4n) is 2.19. The molecule has 2 rings (SSSR count). The second kappa shape index (κ2) is 9.48. The zero-order valence-corrected chi connectivity index (χ0v) is 14.9. The van der Waals surface area contributed by atoms with Gasteiger partial charge in [-0.15, -0.1) is 0 Å². The molecular weight excluding hydrogens is 340 g/mol. The van der Waals surface area contributed by atoms with E-state index >= 15 is 0 Å². The molecule has 0 aliphatic carbocycles. The first-order valence-electron chi connectivity index (χ1n) is 7.33. The number of esters is 1. The molecule has 0 unspecified atom stereocenters. The Morgan fingerprint density at radius 1 is 1.12 bits per heavy atom. The van der Waals surface area contributed by atoms with Crippen LogP contribution in [0.4, 0.5) is 0 Å². The van der Waals surface area contributed by atoms with Crippen LogP contribution in [-0.2, 0) is 18.6 Å². The van der Waals surface area contributed by atoms with Gasteiger partial charge in [-0.05, 0) is 12.1 Å². The average molecular weight is 358 g/mol. The van der Waals surface area contributed by atoms with Crippen LogP contribution in [0.1, 0.15) is 16.8 Å². The number of hydrogen-bond acceptors (Lipinski definition) is 7. The zero-order chi connectivity index (χ0) is 18.1. The first kappa shape index (κ1) is 18.5. The van der Waals surface area contributed by atoms with E-state index in [2.05, 4.69) is 10.1 Å². The van der Waals surface area contributed by atoms with Gasteiger partial charge in [0.2, 0.25) is 0 Å². The lowest BCUT2D eigenvalue weighted by molar-refractivity contribution is -0.133. The highest BCUT2D eigenvalue weighted by Gasteiger charge is 2.21. The lowest BCUT2D eigenvalue weighted by Gasteiger charge is -2.13. The molecule has 25 heavy (non-hydrogen) atoms. The van der Waals surface area contributed by atoms with Gasteiger partial charge in [0.1, 0.15) is 11.3 Å². The van der Waals surface area contributed by atoms with Crippen molar-refractivity contribution in [3.8, 4) is 0 Å². The van der Waals surface area contributed by atoms with Crippen LogP contribution in [0.25, 0.3) is 5.57 Å².